The summed E-state index contributed by atoms with van der Waals surface area (Å²) >= 11 is 0. The molecule has 1 aromatic carbocycles. The number of amides is 1. The molecule has 2 N–H and O–H groups in total. The molecule has 0 radical (unpaired) electrons. The second kappa shape index (κ2) is 5.71. The minimum atomic E-state index is 0.0371. The fourth-order valence-corrected chi connectivity index (χ4v) is 2.60. The first-order chi connectivity index (χ1) is 9.43. The van der Waals surface area contributed by atoms with Gasteiger partial charge in [0.25, 0.3) is 5.91 Å². The highest BCUT2D eigenvalue weighted by atomic mass is 16.5. The van der Waals surface area contributed by atoms with E-state index in [2.05, 4.69) is 25.8 Å². The van der Waals surface area contributed by atoms with Crippen LogP contribution in [0.25, 0.3) is 0 Å². The number of hydrogen-bond acceptors (Lipinski definition) is 4. The molecule has 20 heavy (non-hydrogen) atoms. The van der Waals surface area contributed by atoms with Crippen LogP contribution in [-0.4, -0.2) is 55.0 Å². The van der Waals surface area contributed by atoms with Crippen molar-refractivity contribution in [3.8, 4) is 5.75 Å². The average Bonchev–Trinajstić information content (AvgIpc) is 2.44. The van der Waals surface area contributed by atoms with Crippen LogP contribution in [0, 0.1) is 0 Å². The van der Waals surface area contributed by atoms with Crippen LogP contribution in [0.5, 0.6) is 5.75 Å². The quantitative estimate of drug-likeness (QED) is 0.831. The number of hydrogen-bond donors (Lipinski definition) is 1. The molecule has 0 aromatic heterocycles. The number of nitrogens with zero attached hydrogens (tertiary/aromatic N) is 2. The third-order valence-electron chi connectivity index (χ3n) is 4.13. The van der Waals surface area contributed by atoms with Crippen molar-refractivity contribution in [2.24, 2.45) is 0 Å². The lowest BCUT2D eigenvalue weighted by Crippen LogP contribution is -2.56. The molecule has 1 heterocycles. The first-order valence-corrected chi connectivity index (χ1v) is 6.88. The van der Waals surface area contributed by atoms with Gasteiger partial charge in [-0.25, -0.2) is 0 Å². The van der Waals surface area contributed by atoms with Gasteiger partial charge < -0.3 is 15.4 Å². The SMILES string of the molecule is COc1cc(C(=O)N2CC(C)N(C)C(C)C2)ccc1N. The van der Waals surface area contributed by atoms with Crippen LogP contribution in [0.2, 0.25) is 0 Å². The first-order valence-electron chi connectivity index (χ1n) is 6.88. The lowest BCUT2D eigenvalue weighted by molar-refractivity contribution is 0.0414. The number of nitrogen functional groups attached to an aromatic ring is 1. The molecule has 1 saturated heterocycles. The van der Waals surface area contributed by atoms with Crippen LogP contribution in [0.3, 0.4) is 0 Å². The number of anilines is 1. The Bertz CT molecular complexity index is 492. The number of piperazine rings is 1. The van der Waals surface area contributed by atoms with E-state index in [1.54, 1.807) is 25.3 Å². The number of nitrogens with two attached hydrogens (primary N) is 1. The van der Waals surface area contributed by atoms with Gasteiger partial charge in [-0.2, -0.15) is 0 Å². The third kappa shape index (κ3) is 2.72. The molecule has 1 aliphatic rings. The van der Waals surface area contributed by atoms with Gasteiger partial charge in [-0.15, -0.1) is 0 Å². The van der Waals surface area contributed by atoms with E-state index in [-0.39, 0.29) is 5.91 Å². The van der Waals surface area contributed by atoms with Gasteiger partial charge in [0.15, 0.2) is 0 Å². The van der Waals surface area contributed by atoms with Gasteiger partial charge in [-0.3, -0.25) is 9.69 Å². The van der Waals surface area contributed by atoms with E-state index in [0.717, 1.165) is 13.1 Å². The summed E-state index contributed by atoms with van der Waals surface area (Å²) in [6.45, 7) is 5.76. The van der Waals surface area contributed by atoms with E-state index in [1.807, 2.05) is 4.90 Å². The van der Waals surface area contributed by atoms with Crippen LogP contribution >= 0.6 is 0 Å². The summed E-state index contributed by atoms with van der Waals surface area (Å²) in [7, 11) is 3.66. The highest BCUT2D eigenvalue weighted by molar-refractivity contribution is 5.95. The topological polar surface area (TPSA) is 58.8 Å². The van der Waals surface area contributed by atoms with Crippen LogP contribution in [0.15, 0.2) is 18.2 Å². The largest absolute Gasteiger partial charge is 0.495 e. The second-order valence-corrected chi connectivity index (χ2v) is 5.53. The molecule has 5 heteroatoms. The predicted molar refractivity (Wildman–Crippen MR) is 80.0 cm³/mol. The van der Waals surface area contributed by atoms with Crippen molar-refractivity contribution >= 4 is 11.6 Å². The van der Waals surface area contributed by atoms with Crippen LogP contribution < -0.4 is 10.5 Å². The molecule has 1 aliphatic heterocycles. The number of likely N-dealkylation sites (N-methyl/N-ethyl adjacent to an activating group) is 1. The van der Waals surface area contributed by atoms with Crippen LogP contribution in [0.4, 0.5) is 5.69 Å². The van der Waals surface area contributed by atoms with Crippen molar-refractivity contribution in [2.45, 2.75) is 25.9 Å². The molecular weight excluding hydrogens is 254 g/mol. The van der Waals surface area contributed by atoms with Crippen LogP contribution in [-0.2, 0) is 0 Å². The van der Waals surface area contributed by atoms with Crippen molar-refractivity contribution < 1.29 is 9.53 Å². The summed E-state index contributed by atoms with van der Waals surface area (Å²) in [5.74, 6) is 0.584. The summed E-state index contributed by atoms with van der Waals surface area (Å²) < 4.78 is 5.18. The van der Waals surface area contributed by atoms with Crippen molar-refractivity contribution in [1.29, 1.82) is 0 Å². The number of carbonyl (C=O) groups excluding carboxylic acids is 1. The maximum absolute atomic E-state index is 12.6. The number of methoxy groups -OCH3 is 1. The molecule has 5 nitrogen and oxygen atoms in total. The summed E-state index contributed by atoms with van der Waals surface area (Å²) in [5, 5.41) is 0. The zero-order valence-corrected chi connectivity index (χ0v) is 12.6. The fourth-order valence-electron chi connectivity index (χ4n) is 2.60. The maximum atomic E-state index is 12.6. The monoisotopic (exact) mass is 277 g/mol. The van der Waals surface area contributed by atoms with Gasteiger partial charge in [0.1, 0.15) is 5.75 Å². The fraction of sp³-hybridized carbons (Fsp3) is 0.533. The highest BCUT2D eigenvalue weighted by Gasteiger charge is 2.29. The van der Waals surface area contributed by atoms with Crippen molar-refractivity contribution in [2.75, 3.05) is 33.0 Å². The standard InChI is InChI=1S/C15H23N3O2/c1-10-8-18(9-11(2)17(10)3)15(19)12-5-6-13(16)14(7-12)20-4/h5-7,10-11H,8-9,16H2,1-4H3. The summed E-state index contributed by atoms with van der Waals surface area (Å²) in [4.78, 5) is 16.8. The Balaban J connectivity index is 2.19. The molecule has 1 fully saturated rings. The van der Waals surface area contributed by atoms with E-state index >= 15 is 0 Å². The Morgan fingerprint density at radius 2 is 1.90 bits per heavy atom. The van der Waals surface area contributed by atoms with Crippen LogP contribution in [0.1, 0.15) is 24.2 Å². The summed E-state index contributed by atoms with van der Waals surface area (Å²) in [5.41, 5.74) is 6.95. The Morgan fingerprint density at radius 1 is 1.30 bits per heavy atom. The minimum absolute atomic E-state index is 0.0371. The van der Waals surface area contributed by atoms with Crippen molar-refractivity contribution in [1.82, 2.24) is 9.80 Å². The molecule has 1 amide bonds. The van der Waals surface area contributed by atoms with E-state index < -0.39 is 0 Å². The number of ether oxygens (including phenoxy) is 1. The molecule has 0 saturated carbocycles. The van der Waals surface area contributed by atoms with Gasteiger partial charge in [-0.1, -0.05) is 0 Å². The molecule has 2 unspecified atom stereocenters. The number of carbonyl (C=O) groups is 1. The number of benzene rings is 1. The minimum Gasteiger partial charge on any atom is -0.495 e. The smallest absolute Gasteiger partial charge is 0.254 e. The molecule has 110 valence electrons. The Morgan fingerprint density at radius 3 is 2.45 bits per heavy atom. The Hall–Kier alpha value is -1.75. The van der Waals surface area contributed by atoms with Gasteiger partial charge >= 0.3 is 0 Å². The normalized spacial score (nSPS) is 23.7. The second-order valence-electron chi connectivity index (χ2n) is 5.53. The molecule has 0 aliphatic carbocycles. The maximum Gasteiger partial charge on any atom is 0.254 e. The van der Waals surface area contributed by atoms with E-state index in [9.17, 15) is 4.79 Å². The predicted octanol–water partition coefficient (Wildman–Crippen LogP) is 1.44. The lowest BCUT2D eigenvalue weighted by atomic mass is 10.1. The van der Waals surface area contributed by atoms with Gasteiger partial charge in [0.05, 0.1) is 12.8 Å². The molecule has 2 atom stereocenters. The zero-order valence-electron chi connectivity index (χ0n) is 12.6. The summed E-state index contributed by atoms with van der Waals surface area (Å²) in [6, 6.07) is 5.91. The third-order valence-corrected chi connectivity index (χ3v) is 4.13. The van der Waals surface area contributed by atoms with Gasteiger partial charge in [-0.05, 0) is 39.1 Å². The Kier molecular flexibility index (Phi) is 4.18. The molecule has 0 spiro atoms. The van der Waals surface area contributed by atoms with Crippen molar-refractivity contribution in [3.63, 3.8) is 0 Å². The Labute approximate surface area is 120 Å². The average molecular weight is 277 g/mol. The van der Waals surface area contributed by atoms with E-state index in [1.165, 1.54) is 0 Å². The zero-order chi connectivity index (χ0) is 14.9. The molecular formula is C15H23N3O2. The van der Waals surface area contributed by atoms with E-state index in [0.29, 0.717) is 29.1 Å². The first kappa shape index (κ1) is 14.7. The highest BCUT2D eigenvalue weighted by Crippen LogP contribution is 2.24. The molecule has 2 rings (SSSR count). The number of rotatable bonds is 2. The van der Waals surface area contributed by atoms with Gasteiger partial charge in [0.2, 0.25) is 0 Å². The van der Waals surface area contributed by atoms with Gasteiger partial charge in [0, 0.05) is 30.7 Å². The molecule has 0 bridgehead atoms. The lowest BCUT2D eigenvalue weighted by Gasteiger charge is -2.42. The van der Waals surface area contributed by atoms with E-state index in [4.69, 9.17) is 10.5 Å². The molecule has 1 aromatic rings. The van der Waals surface area contributed by atoms with Crippen molar-refractivity contribution in [3.05, 3.63) is 23.8 Å². The summed E-state index contributed by atoms with van der Waals surface area (Å²) in [6.07, 6.45) is 0.